The van der Waals surface area contributed by atoms with Crippen LogP contribution in [0.3, 0.4) is 0 Å². The highest BCUT2D eigenvalue weighted by Gasteiger charge is 2.52. The quantitative estimate of drug-likeness (QED) is 0.781. The van der Waals surface area contributed by atoms with Gasteiger partial charge in [-0.2, -0.15) is 4.31 Å². The van der Waals surface area contributed by atoms with Crippen molar-refractivity contribution in [3.05, 3.63) is 36.1 Å². The molecule has 8 heteroatoms. The van der Waals surface area contributed by atoms with E-state index in [0.29, 0.717) is 19.5 Å². The number of hydrogen-bond donors (Lipinski definition) is 0. The van der Waals surface area contributed by atoms with Gasteiger partial charge in [0.2, 0.25) is 10.0 Å². The fourth-order valence-corrected chi connectivity index (χ4v) is 4.09. The van der Waals surface area contributed by atoms with E-state index in [9.17, 15) is 8.42 Å². The van der Waals surface area contributed by atoms with E-state index < -0.39 is 28.3 Å². The molecule has 0 radical (unpaired) electrons. The molecule has 1 aromatic heterocycles. The summed E-state index contributed by atoms with van der Waals surface area (Å²) in [7, 11) is -3.91. The first-order valence-corrected chi connectivity index (χ1v) is 9.52. The molecule has 3 rings (SSSR count). The topological polar surface area (TPSA) is 68.7 Å². The Labute approximate surface area is 144 Å². The van der Waals surface area contributed by atoms with Crippen molar-refractivity contribution in [2.75, 3.05) is 13.1 Å². The van der Waals surface area contributed by atoms with Gasteiger partial charge in [-0.05, 0) is 51.7 Å². The molecule has 1 fully saturated rings. The second kappa shape index (κ2) is 5.95. The number of pyridine rings is 1. The van der Waals surface area contributed by atoms with Crippen LogP contribution >= 0.6 is 0 Å². The molecule has 3 heterocycles. The summed E-state index contributed by atoms with van der Waals surface area (Å²) in [4.78, 5) is 4.11. The van der Waals surface area contributed by atoms with Crippen LogP contribution in [-0.4, -0.2) is 49.1 Å². The van der Waals surface area contributed by atoms with Crippen molar-refractivity contribution in [2.24, 2.45) is 0 Å². The second-order valence-corrected chi connectivity index (χ2v) is 9.11. The summed E-state index contributed by atoms with van der Waals surface area (Å²) in [5.74, 6) is 0. The van der Waals surface area contributed by atoms with Crippen molar-refractivity contribution in [3.63, 3.8) is 0 Å². The van der Waals surface area contributed by atoms with E-state index in [2.05, 4.69) is 4.98 Å². The lowest BCUT2D eigenvalue weighted by Gasteiger charge is -2.32. The first-order chi connectivity index (χ1) is 11.1. The Morgan fingerprint density at radius 1 is 1.21 bits per heavy atom. The summed E-state index contributed by atoms with van der Waals surface area (Å²) in [5, 5.41) is 0. The van der Waals surface area contributed by atoms with Gasteiger partial charge < -0.3 is 9.31 Å². The summed E-state index contributed by atoms with van der Waals surface area (Å²) in [6, 6.07) is 3.19. The molecule has 6 nitrogen and oxygen atoms in total. The molecular weight excluding hydrogens is 327 g/mol. The van der Waals surface area contributed by atoms with Gasteiger partial charge in [-0.15, -0.1) is 0 Å². The van der Waals surface area contributed by atoms with Gasteiger partial charge in [-0.3, -0.25) is 4.98 Å². The molecule has 1 saturated heterocycles. The molecule has 24 heavy (non-hydrogen) atoms. The largest absolute Gasteiger partial charge is 0.490 e. The monoisotopic (exact) mass is 350 g/mol. The lowest BCUT2D eigenvalue weighted by molar-refractivity contribution is 0.00578. The van der Waals surface area contributed by atoms with Crippen LogP contribution in [0.4, 0.5) is 0 Å². The zero-order chi connectivity index (χ0) is 17.6. The van der Waals surface area contributed by atoms with Crippen LogP contribution in [0.5, 0.6) is 0 Å². The SMILES string of the molecule is CC1(C)OB(C2=CCN(S(=O)(=O)c3cccnc3)CC2)OC1(C)C. The molecule has 0 amide bonds. The summed E-state index contributed by atoms with van der Waals surface area (Å²) < 4.78 is 38.8. The molecule has 0 aliphatic carbocycles. The minimum absolute atomic E-state index is 0.220. The van der Waals surface area contributed by atoms with Crippen LogP contribution in [-0.2, 0) is 19.3 Å². The maximum Gasteiger partial charge on any atom is 0.490 e. The van der Waals surface area contributed by atoms with Crippen LogP contribution in [0.1, 0.15) is 34.1 Å². The average Bonchev–Trinajstić information content (AvgIpc) is 2.76. The zero-order valence-electron chi connectivity index (χ0n) is 14.5. The third-order valence-corrected chi connectivity index (χ3v) is 6.88. The molecule has 0 atom stereocenters. The minimum Gasteiger partial charge on any atom is -0.400 e. The average molecular weight is 350 g/mol. The number of aromatic nitrogens is 1. The summed E-state index contributed by atoms with van der Waals surface area (Å²) in [6.45, 7) is 8.76. The molecule has 2 aliphatic heterocycles. The lowest BCUT2D eigenvalue weighted by Crippen LogP contribution is -2.41. The van der Waals surface area contributed by atoms with Gasteiger partial charge in [-0.1, -0.05) is 6.08 Å². The third-order valence-electron chi connectivity index (χ3n) is 5.04. The van der Waals surface area contributed by atoms with E-state index in [1.54, 1.807) is 18.3 Å². The number of rotatable bonds is 3. The lowest BCUT2D eigenvalue weighted by atomic mass is 9.75. The van der Waals surface area contributed by atoms with Gasteiger partial charge in [0.05, 0.1) is 11.2 Å². The van der Waals surface area contributed by atoms with Gasteiger partial charge in [0, 0.05) is 25.5 Å². The highest BCUT2D eigenvalue weighted by molar-refractivity contribution is 7.89. The summed E-state index contributed by atoms with van der Waals surface area (Å²) in [6.07, 6.45) is 5.43. The van der Waals surface area contributed by atoms with Crippen molar-refractivity contribution in [3.8, 4) is 0 Å². The molecule has 0 aromatic carbocycles. The standard InChI is InChI=1S/C16H23BN2O4S/c1-15(2)16(3,4)23-17(22-15)13-7-10-19(11-8-13)24(20,21)14-6-5-9-18-12-14/h5-7,9,12H,8,10-11H2,1-4H3. The molecule has 0 bridgehead atoms. The smallest absolute Gasteiger partial charge is 0.400 e. The van der Waals surface area contributed by atoms with Crippen LogP contribution in [0, 0.1) is 0 Å². The van der Waals surface area contributed by atoms with Crippen molar-refractivity contribution < 1.29 is 17.7 Å². The second-order valence-electron chi connectivity index (χ2n) is 7.17. The van der Waals surface area contributed by atoms with E-state index in [1.165, 1.54) is 10.5 Å². The van der Waals surface area contributed by atoms with Crippen molar-refractivity contribution in [2.45, 2.75) is 50.2 Å². The summed E-state index contributed by atoms with van der Waals surface area (Å²) in [5.41, 5.74) is 0.223. The van der Waals surface area contributed by atoms with Gasteiger partial charge in [0.15, 0.2) is 0 Å². The molecule has 130 valence electrons. The molecule has 1 aromatic rings. The fraction of sp³-hybridized carbons (Fsp3) is 0.562. The Kier molecular flexibility index (Phi) is 4.36. The maximum absolute atomic E-state index is 12.6. The Bertz CT molecular complexity index is 731. The predicted octanol–water partition coefficient (Wildman–Crippen LogP) is 2.03. The Hall–Kier alpha value is -1.22. The van der Waals surface area contributed by atoms with Gasteiger partial charge in [0.25, 0.3) is 0 Å². The normalized spacial score (nSPS) is 24.0. The van der Waals surface area contributed by atoms with Crippen LogP contribution in [0.2, 0.25) is 0 Å². The van der Waals surface area contributed by atoms with Crippen LogP contribution in [0.15, 0.2) is 41.0 Å². The molecule has 0 unspecified atom stereocenters. The maximum atomic E-state index is 12.6. The highest BCUT2D eigenvalue weighted by atomic mass is 32.2. The van der Waals surface area contributed by atoms with Crippen molar-refractivity contribution in [1.82, 2.24) is 9.29 Å². The van der Waals surface area contributed by atoms with E-state index in [-0.39, 0.29) is 4.90 Å². The van der Waals surface area contributed by atoms with Crippen LogP contribution in [0.25, 0.3) is 0 Å². The Balaban J connectivity index is 1.74. The van der Waals surface area contributed by atoms with Gasteiger partial charge >= 0.3 is 7.12 Å². The third kappa shape index (κ3) is 3.03. The fourth-order valence-electron chi connectivity index (χ4n) is 2.74. The summed E-state index contributed by atoms with van der Waals surface area (Å²) >= 11 is 0. The van der Waals surface area contributed by atoms with Crippen LogP contribution < -0.4 is 0 Å². The molecule has 0 spiro atoms. The number of sulfonamides is 1. The first kappa shape index (κ1) is 17.6. The molecular formula is C16H23BN2O4S. The number of nitrogens with zero attached hydrogens (tertiary/aromatic N) is 2. The van der Waals surface area contributed by atoms with E-state index in [0.717, 1.165) is 5.47 Å². The predicted molar refractivity (Wildman–Crippen MR) is 91.8 cm³/mol. The van der Waals surface area contributed by atoms with E-state index in [1.807, 2.05) is 33.8 Å². The molecule has 0 saturated carbocycles. The Morgan fingerprint density at radius 2 is 1.88 bits per heavy atom. The minimum atomic E-state index is -3.51. The van der Waals surface area contributed by atoms with E-state index >= 15 is 0 Å². The molecule has 2 aliphatic rings. The zero-order valence-corrected chi connectivity index (χ0v) is 15.3. The van der Waals surface area contributed by atoms with Gasteiger partial charge in [-0.25, -0.2) is 8.42 Å². The van der Waals surface area contributed by atoms with Crippen molar-refractivity contribution >= 4 is 17.1 Å². The first-order valence-electron chi connectivity index (χ1n) is 8.08. The van der Waals surface area contributed by atoms with Crippen molar-refractivity contribution in [1.29, 1.82) is 0 Å². The van der Waals surface area contributed by atoms with E-state index in [4.69, 9.17) is 9.31 Å². The highest BCUT2D eigenvalue weighted by Crippen LogP contribution is 2.39. The number of hydrogen-bond acceptors (Lipinski definition) is 5. The van der Waals surface area contributed by atoms with Gasteiger partial charge in [0.1, 0.15) is 4.90 Å². The molecule has 0 N–H and O–H groups in total. The Morgan fingerprint density at radius 3 is 2.38 bits per heavy atom.